The lowest BCUT2D eigenvalue weighted by molar-refractivity contribution is 1.21. The first-order valence-corrected chi connectivity index (χ1v) is 9.58. The van der Waals surface area contributed by atoms with Gasteiger partial charge in [0.25, 0.3) is 0 Å². The number of hydrogen-bond donors (Lipinski definition) is 5. The minimum absolute atomic E-state index is 0.695. The van der Waals surface area contributed by atoms with E-state index < -0.39 is 0 Å². The molecule has 1 aliphatic heterocycles. The van der Waals surface area contributed by atoms with E-state index in [-0.39, 0.29) is 0 Å². The van der Waals surface area contributed by atoms with Crippen LogP contribution in [0.15, 0.2) is 60.7 Å². The van der Waals surface area contributed by atoms with Crippen LogP contribution in [-0.2, 0) is 0 Å². The first-order chi connectivity index (χ1) is 14.2. The van der Waals surface area contributed by atoms with Gasteiger partial charge in [-0.25, -0.2) is 0 Å². The normalized spacial score (nSPS) is 13.0. The van der Waals surface area contributed by atoms with E-state index >= 15 is 0 Å². The lowest BCUT2D eigenvalue weighted by Crippen LogP contribution is -2.18. The summed E-state index contributed by atoms with van der Waals surface area (Å²) < 4.78 is 0. The second kappa shape index (κ2) is 5.94. The maximum absolute atomic E-state index is 6.59. The smallest absolute Gasteiger partial charge is 0.0798 e. The Balaban J connectivity index is 1.75. The van der Waals surface area contributed by atoms with Gasteiger partial charge < -0.3 is 25.7 Å². The third kappa shape index (κ3) is 2.63. The number of nitrogens with two attached hydrogens (primary N) is 1. The van der Waals surface area contributed by atoms with Crippen molar-refractivity contribution in [2.45, 2.75) is 0 Å². The molecule has 0 atom stereocenters. The molecule has 0 amide bonds. The van der Waals surface area contributed by atoms with Crippen LogP contribution in [0.25, 0.3) is 34.7 Å². The monoisotopic (exact) mass is 377 g/mol. The average molecular weight is 377 g/mol. The largest absolute Gasteiger partial charge is 0.395 e. The van der Waals surface area contributed by atoms with E-state index in [0.29, 0.717) is 5.70 Å². The summed E-state index contributed by atoms with van der Waals surface area (Å²) in [7, 11) is 0. The Kier molecular flexibility index (Phi) is 3.25. The summed E-state index contributed by atoms with van der Waals surface area (Å²) >= 11 is 0. The molecule has 29 heavy (non-hydrogen) atoms. The fourth-order valence-electron chi connectivity index (χ4n) is 4.01. The van der Waals surface area contributed by atoms with Crippen LogP contribution in [0.5, 0.6) is 0 Å². The van der Waals surface area contributed by atoms with Crippen molar-refractivity contribution >= 4 is 34.7 Å². The van der Waals surface area contributed by atoms with Crippen LogP contribution in [0, 0.1) is 0 Å². The van der Waals surface area contributed by atoms with Gasteiger partial charge in [0.2, 0.25) is 0 Å². The van der Waals surface area contributed by atoms with E-state index in [4.69, 9.17) is 5.73 Å². The Morgan fingerprint density at radius 1 is 0.552 bits per heavy atom. The van der Waals surface area contributed by atoms with E-state index in [1.165, 1.54) is 0 Å². The average Bonchev–Trinajstić information content (AvgIpc) is 3.50. The van der Waals surface area contributed by atoms with Gasteiger partial charge in [-0.3, -0.25) is 0 Å². The molecule has 5 nitrogen and oxygen atoms in total. The number of fused-ring (bicyclic) bond motifs is 11. The molecule has 0 fully saturated rings. The highest BCUT2D eigenvalue weighted by atomic mass is 14.8. The predicted octanol–water partition coefficient (Wildman–Crippen LogP) is 1.07. The zero-order valence-electron chi connectivity index (χ0n) is 15.6. The van der Waals surface area contributed by atoms with Crippen molar-refractivity contribution in [3.8, 4) is 0 Å². The molecule has 0 unspecified atom stereocenters. The van der Waals surface area contributed by atoms with Gasteiger partial charge >= 0.3 is 0 Å². The van der Waals surface area contributed by atoms with Gasteiger partial charge in [-0.15, -0.1) is 0 Å². The van der Waals surface area contributed by atoms with E-state index in [0.717, 1.165) is 54.9 Å². The van der Waals surface area contributed by atoms with Crippen molar-refractivity contribution < 1.29 is 0 Å². The minimum atomic E-state index is 0.695. The zero-order valence-corrected chi connectivity index (χ0v) is 15.6. The Labute approximate surface area is 165 Å². The van der Waals surface area contributed by atoms with Crippen molar-refractivity contribution in [2.24, 2.45) is 5.73 Å². The zero-order chi connectivity index (χ0) is 19.4. The Hall–Kier alpha value is -4.12. The van der Waals surface area contributed by atoms with Gasteiger partial charge in [-0.2, -0.15) is 0 Å². The second-order valence-electron chi connectivity index (χ2n) is 7.37. The number of H-pyrrole nitrogens is 4. The third-order valence-corrected chi connectivity index (χ3v) is 5.40. The summed E-state index contributed by atoms with van der Waals surface area (Å²) in [5, 5.41) is 6.20. The molecule has 1 aromatic carbocycles. The molecular weight excluding hydrogens is 358 g/mol. The quantitative estimate of drug-likeness (QED) is 0.275. The number of nitrogens with one attached hydrogen (secondary N) is 4. The summed E-state index contributed by atoms with van der Waals surface area (Å²) in [6, 6.07) is 20.7. The minimum Gasteiger partial charge on any atom is -0.395 e. The molecule has 6 N–H and O–H groups in total. The highest BCUT2D eigenvalue weighted by molar-refractivity contribution is 5.97. The highest BCUT2D eigenvalue weighted by Crippen LogP contribution is 2.25. The summed E-state index contributed by atoms with van der Waals surface area (Å²) in [5.74, 6) is 0. The van der Waals surface area contributed by atoms with E-state index in [9.17, 15) is 0 Å². The fourth-order valence-corrected chi connectivity index (χ4v) is 4.01. The topological polar surface area (TPSA) is 89.2 Å². The lowest BCUT2D eigenvalue weighted by atomic mass is 10.1. The van der Waals surface area contributed by atoms with Crippen LogP contribution in [0.4, 0.5) is 0 Å². The summed E-state index contributed by atoms with van der Waals surface area (Å²) in [6.45, 7) is 0. The van der Waals surface area contributed by atoms with E-state index in [1.807, 2.05) is 24.3 Å². The van der Waals surface area contributed by atoms with Gasteiger partial charge in [-0.05, 0) is 54.6 Å². The molecule has 0 saturated heterocycles. The van der Waals surface area contributed by atoms with Crippen LogP contribution in [0.2, 0.25) is 0 Å². The maximum atomic E-state index is 6.59. The third-order valence-electron chi connectivity index (χ3n) is 5.40. The first-order valence-electron chi connectivity index (χ1n) is 9.58. The van der Waals surface area contributed by atoms with E-state index in [1.54, 1.807) is 0 Å². The molecule has 4 aromatic heterocycles. The number of aromatic nitrogens is 4. The van der Waals surface area contributed by atoms with Gasteiger partial charge in [0.15, 0.2) is 0 Å². The van der Waals surface area contributed by atoms with Crippen molar-refractivity contribution in [1.82, 2.24) is 19.9 Å². The first kappa shape index (κ1) is 15.9. The van der Waals surface area contributed by atoms with Crippen molar-refractivity contribution in [1.29, 1.82) is 0 Å². The standard InChI is InChI=1S/C24H19N5/c25-23-21-10-9-17(28-21)12-16-6-5-14(26-16)11-15-7-8-18(27-15)13-22-19-3-1-2-4-20(19)24(23)29-22/h1-13,26-29H,25H2. The fraction of sp³-hybridized carbons (Fsp3) is 0. The Morgan fingerprint density at radius 2 is 1.21 bits per heavy atom. The summed E-state index contributed by atoms with van der Waals surface area (Å²) in [6.07, 6.45) is 6.30. The second-order valence-corrected chi connectivity index (χ2v) is 7.37. The number of benzene rings is 1. The maximum Gasteiger partial charge on any atom is 0.0798 e. The predicted molar refractivity (Wildman–Crippen MR) is 117 cm³/mol. The molecule has 0 spiro atoms. The number of aromatic amines is 4. The van der Waals surface area contributed by atoms with Gasteiger partial charge in [0, 0.05) is 43.9 Å². The van der Waals surface area contributed by atoms with Crippen molar-refractivity contribution in [3.05, 3.63) is 105 Å². The summed E-state index contributed by atoms with van der Waals surface area (Å²) in [5.41, 5.74) is 11.3. The molecule has 0 saturated carbocycles. The molecule has 0 aliphatic carbocycles. The van der Waals surface area contributed by atoms with Crippen molar-refractivity contribution in [2.75, 3.05) is 0 Å². The molecule has 140 valence electrons. The van der Waals surface area contributed by atoms with Gasteiger partial charge in [0.1, 0.15) is 0 Å². The summed E-state index contributed by atoms with van der Waals surface area (Å²) in [4.78, 5) is 13.8. The molecule has 5 heterocycles. The SMILES string of the molecule is NC1=c2ccc([nH]2)=Cc2ccc([nH]2)C=c2ccc([nH]2)=Cc2[nH]c1c1ccccc21. The number of hydrogen-bond acceptors (Lipinski definition) is 1. The van der Waals surface area contributed by atoms with E-state index in [2.05, 4.69) is 74.6 Å². The van der Waals surface area contributed by atoms with Gasteiger partial charge in [-0.1, -0.05) is 24.3 Å². The highest BCUT2D eigenvalue weighted by Gasteiger charge is 2.11. The van der Waals surface area contributed by atoms with Crippen molar-refractivity contribution in [3.63, 3.8) is 0 Å². The lowest BCUT2D eigenvalue weighted by Gasteiger charge is -1.98. The van der Waals surface area contributed by atoms with Crippen LogP contribution in [-0.4, -0.2) is 19.9 Å². The van der Waals surface area contributed by atoms with Crippen LogP contribution in [0.3, 0.4) is 0 Å². The van der Waals surface area contributed by atoms with Gasteiger partial charge in [0.05, 0.1) is 16.7 Å². The van der Waals surface area contributed by atoms with Crippen LogP contribution >= 0.6 is 0 Å². The molecule has 6 rings (SSSR count). The van der Waals surface area contributed by atoms with Crippen LogP contribution < -0.4 is 27.1 Å². The van der Waals surface area contributed by atoms with Crippen LogP contribution in [0.1, 0.15) is 22.8 Å². The number of rotatable bonds is 0. The molecular formula is C24H19N5. The molecule has 0 radical (unpaired) electrons. The Bertz CT molecular complexity index is 1620. The molecule has 5 aromatic rings. The molecule has 1 aliphatic rings. The molecule has 5 heteroatoms. The Morgan fingerprint density at radius 3 is 2.00 bits per heavy atom. The molecule has 8 bridgehead atoms.